The molecule has 0 spiro atoms. The smallest absolute Gasteiger partial charge is 0.234 e. The average Bonchev–Trinajstić information content (AvgIpc) is 3.36. The van der Waals surface area contributed by atoms with Gasteiger partial charge in [0.1, 0.15) is 23.1 Å². The predicted octanol–water partition coefficient (Wildman–Crippen LogP) is 2.52. The molecule has 0 radical (unpaired) electrons. The quantitative estimate of drug-likeness (QED) is 0.0217. The van der Waals surface area contributed by atoms with Gasteiger partial charge in [0.05, 0.1) is 55.6 Å². The molecule has 12 N–H and O–H groups in total. The number of halogens is 1. The summed E-state index contributed by atoms with van der Waals surface area (Å²) in [6.45, 7) is 6.28. The number of carbonyl (C=O) groups excluding carboxylic acids is 8. The predicted molar refractivity (Wildman–Crippen MR) is 287 cm³/mol. The van der Waals surface area contributed by atoms with Crippen LogP contribution < -0.4 is 43.8 Å². The van der Waals surface area contributed by atoms with Gasteiger partial charge in [-0.3, -0.25) is 43.3 Å². The largest absolute Gasteiger partial charge is 0.508 e. The zero-order valence-corrected chi connectivity index (χ0v) is 45.5. The van der Waals surface area contributed by atoms with Crippen molar-refractivity contribution in [2.24, 2.45) is 39.9 Å². The van der Waals surface area contributed by atoms with Crippen molar-refractivity contribution in [3.8, 4) is 5.75 Å². The van der Waals surface area contributed by atoms with E-state index in [9.17, 15) is 43.5 Å². The monoisotopic (exact) mass is 1110 g/mol. The molecule has 0 aromatic heterocycles. The van der Waals surface area contributed by atoms with Crippen molar-refractivity contribution in [2.75, 3.05) is 76.0 Å². The summed E-state index contributed by atoms with van der Waals surface area (Å²) >= 11 is 4.47. The lowest BCUT2D eigenvalue weighted by Crippen LogP contribution is -2.46. The molecule has 0 bridgehead atoms. The molecule has 22 heteroatoms. The lowest BCUT2D eigenvalue weighted by atomic mass is 9.87. The number of guanidine groups is 1. The highest BCUT2D eigenvalue weighted by Gasteiger charge is 2.29. The first-order chi connectivity index (χ1) is 35.0. The van der Waals surface area contributed by atoms with Crippen LogP contribution in [0.3, 0.4) is 0 Å². The van der Waals surface area contributed by atoms with Gasteiger partial charge in [-0.1, -0.05) is 54.8 Å². The molecule has 1 aromatic carbocycles. The number of aliphatic imine (C=N–C) groups is 1. The standard InChI is InChI=1S/C51H84BrN9O11S/c1-3-35(2)49-44(65)18-14-38(9-4-5-22-56-46(67)20-26-72-28-27-71-25-7-10-40(63)31-52)45(66)33-60-41(21-29-73-34-48(69)57-24-19-47(68)61-49)43(64)17-13-37(8-6-23-58-51(54)55)32-59-42(50(53)70)30-36-11-15-39(62)16-12-36/h11-12,15-16,35,37-38,41-42,49,59-60,62H,3-10,13-14,17-34H2,1-2H3,(H2,53,70)(H,56,67)(H,57,69)(H,61,68)(H4,54,55,58)/t35-,37+,38+,41-,42-,49-/m0/s1. The number of hydrogen-bond donors (Lipinski definition) is 9. The highest BCUT2D eigenvalue weighted by atomic mass is 79.9. The van der Waals surface area contributed by atoms with Gasteiger partial charge < -0.3 is 58.4 Å². The van der Waals surface area contributed by atoms with Crippen LogP contribution in [0.2, 0.25) is 0 Å². The van der Waals surface area contributed by atoms with E-state index in [0.29, 0.717) is 121 Å². The second-order valence-electron chi connectivity index (χ2n) is 18.6. The Morgan fingerprint density at radius 2 is 1.63 bits per heavy atom. The van der Waals surface area contributed by atoms with E-state index in [0.717, 1.165) is 5.56 Å². The van der Waals surface area contributed by atoms with E-state index >= 15 is 0 Å². The second-order valence-corrected chi connectivity index (χ2v) is 20.3. The number of ether oxygens (including phenoxy) is 2. The lowest BCUT2D eigenvalue weighted by molar-refractivity contribution is -0.130. The Kier molecular flexibility index (Phi) is 34.5. The molecular weight excluding hydrogens is 1030 g/mol. The van der Waals surface area contributed by atoms with Gasteiger partial charge in [0.25, 0.3) is 0 Å². The number of nitrogens with zero attached hydrogens (tertiary/aromatic N) is 1. The maximum atomic E-state index is 14.2. The molecule has 4 amide bonds. The number of phenols is 1. The zero-order chi connectivity index (χ0) is 53.8. The molecule has 1 aromatic rings. The summed E-state index contributed by atoms with van der Waals surface area (Å²) in [5.41, 5.74) is 17.7. The summed E-state index contributed by atoms with van der Waals surface area (Å²) < 4.78 is 11.0. The minimum atomic E-state index is -0.763. The lowest BCUT2D eigenvalue weighted by Gasteiger charge is -2.25. The Morgan fingerprint density at radius 3 is 2.33 bits per heavy atom. The van der Waals surface area contributed by atoms with E-state index in [1.807, 2.05) is 13.8 Å². The van der Waals surface area contributed by atoms with Gasteiger partial charge in [0, 0.05) is 64.3 Å². The van der Waals surface area contributed by atoms with Crippen molar-refractivity contribution in [3.63, 3.8) is 0 Å². The van der Waals surface area contributed by atoms with Gasteiger partial charge in [0.2, 0.25) is 23.6 Å². The van der Waals surface area contributed by atoms with Crippen molar-refractivity contribution >= 4 is 80.4 Å². The van der Waals surface area contributed by atoms with Crippen LogP contribution in [0.5, 0.6) is 5.75 Å². The number of hydrogen-bond acceptors (Lipinski definition) is 15. The maximum absolute atomic E-state index is 14.2. The number of ketones is 4. The van der Waals surface area contributed by atoms with Gasteiger partial charge in [0.15, 0.2) is 11.7 Å². The molecule has 1 saturated heterocycles. The number of rotatable bonds is 32. The van der Waals surface area contributed by atoms with Crippen molar-refractivity contribution in [1.82, 2.24) is 26.6 Å². The molecule has 2 rings (SSSR count). The van der Waals surface area contributed by atoms with Gasteiger partial charge in [-0.05, 0) is 99.6 Å². The van der Waals surface area contributed by atoms with Crippen molar-refractivity contribution in [2.45, 2.75) is 135 Å². The van der Waals surface area contributed by atoms with E-state index in [-0.39, 0.29) is 122 Å². The first-order valence-corrected chi connectivity index (χ1v) is 28.1. The number of amides is 4. The van der Waals surface area contributed by atoms with Crippen LogP contribution in [-0.2, 0) is 54.3 Å². The summed E-state index contributed by atoms with van der Waals surface area (Å²) in [7, 11) is 0. The molecule has 0 saturated carbocycles. The summed E-state index contributed by atoms with van der Waals surface area (Å²) in [6, 6.07) is 4.31. The number of thioether (sulfide) groups is 1. The van der Waals surface area contributed by atoms with E-state index < -0.39 is 30.0 Å². The highest BCUT2D eigenvalue weighted by Crippen LogP contribution is 2.21. The van der Waals surface area contributed by atoms with Crippen LogP contribution in [0.4, 0.5) is 0 Å². The normalized spacial score (nSPS) is 19.0. The van der Waals surface area contributed by atoms with Crippen LogP contribution in [0.15, 0.2) is 29.3 Å². The molecule has 1 aliphatic heterocycles. The molecular formula is C51H84BrN9O11S. The Morgan fingerprint density at radius 1 is 0.890 bits per heavy atom. The number of nitrogens with two attached hydrogens (primary N) is 3. The molecule has 0 unspecified atom stereocenters. The Bertz CT molecular complexity index is 1880. The topological polar surface area (TPSA) is 326 Å². The Labute approximate surface area is 444 Å². The number of benzene rings is 1. The summed E-state index contributed by atoms with van der Waals surface area (Å²) in [5.74, 6) is -1.90. The fourth-order valence-corrected chi connectivity index (χ4v) is 9.22. The van der Waals surface area contributed by atoms with Crippen LogP contribution in [0.25, 0.3) is 0 Å². The summed E-state index contributed by atoms with van der Waals surface area (Å²) in [5, 5.41) is 25.1. The third-order valence-corrected chi connectivity index (χ3v) is 14.3. The second kappa shape index (κ2) is 39.0. The van der Waals surface area contributed by atoms with Crippen molar-refractivity contribution in [1.29, 1.82) is 0 Å². The number of nitrogens with one attached hydrogen (secondary N) is 5. The van der Waals surface area contributed by atoms with Gasteiger partial charge in [-0.25, -0.2) is 0 Å². The number of phenolic OH excluding ortho intramolecular Hbond substituents is 1. The number of Topliss-reactive ketones (excluding diaryl/α,β-unsaturated/α-hetero) is 4. The number of alkyl halides is 1. The van der Waals surface area contributed by atoms with Crippen LogP contribution in [-0.4, -0.2) is 152 Å². The summed E-state index contributed by atoms with van der Waals surface area (Å²) in [4.78, 5) is 108. The van der Waals surface area contributed by atoms with Crippen LogP contribution in [0.1, 0.15) is 116 Å². The van der Waals surface area contributed by atoms with Gasteiger partial charge >= 0.3 is 0 Å². The van der Waals surface area contributed by atoms with Crippen molar-refractivity contribution in [3.05, 3.63) is 29.8 Å². The number of carbonyl (C=O) groups is 8. The summed E-state index contributed by atoms with van der Waals surface area (Å²) in [6.07, 6.45) is 6.22. The molecule has 1 aliphatic rings. The SMILES string of the molecule is CC[C@H](C)[C@@H]1NC(=O)CCNC(=O)CSCC[C@@H](C(=O)CC[C@@H](CCCN=C(N)N)CN[C@@H](Cc2ccc(O)cc2)C(N)=O)NCC(=O)[C@H](CCCCNC(=O)CCOCCOCCCC(=O)CBr)CCC1=O. The molecule has 73 heavy (non-hydrogen) atoms. The first-order valence-electron chi connectivity index (χ1n) is 25.8. The Hall–Kier alpha value is -4.48. The minimum absolute atomic E-state index is 0.00781. The fourth-order valence-electron chi connectivity index (χ4n) is 8.10. The van der Waals surface area contributed by atoms with E-state index in [1.54, 1.807) is 12.1 Å². The van der Waals surface area contributed by atoms with Gasteiger partial charge in [-0.2, -0.15) is 11.8 Å². The number of primary amides is 1. The number of aromatic hydroxyl groups is 1. The zero-order valence-electron chi connectivity index (χ0n) is 43.1. The van der Waals surface area contributed by atoms with Crippen molar-refractivity contribution < 1.29 is 52.9 Å². The highest BCUT2D eigenvalue weighted by molar-refractivity contribution is 9.09. The van der Waals surface area contributed by atoms with Gasteiger partial charge in [-0.15, -0.1) is 0 Å². The average molecular weight is 1110 g/mol. The fraction of sp³-hybridized carbons (Fsp3) is 0.706. The van der Waals surface area contributed by atoms with E-state index in [2.05, 4.69) is 47.5 Å². The molecule has 1 heterocycles. The van der Waals surface area contributed by atoms with Crippen LogP contribution in [0, 0.1) is 17.8 Å². The number of unbranched alkanes of at least 4 members (excludes halogenated alkanes) is 1. The molecule has 412 valence electrons. The molecule has 0 aliphatic carbocycles. The third-order valence-electron chi connectivity index (χ3n) is 12.7. The maximum Gasteiger partial charge on any atom is 0.234 e. The minimum Gasteiger partial charge on any atom is -0.508 e. The third kappa shape index (κ3) is 30.5. The first kappa shape index (κ1) is 64.6. The van der Waals surface area contributed by atoms with E-state index in [4.69, 9.17) is 26.7 Å². The van der Waals surface area contributed by atoms with E-state index in [1.165, 1.54) is 23.9 Å². The molecule has 20 nitrogen and oxygen atoms in total. The molecule has 6 atom stereocenters. The Balaban J connectivity index is 2.16. The molecule has 1 fully saturated rings. The van der Waals surface area contributed by atoms with Crippen LogP contribution >= 0.6 is 27.7 Å².